The molecule has 0 fully saturated rings. The van der Waals surface area contributed by atoms with Gasteiger partial charge in [0, 0.05) is 6.42 Å². The summed E-state index contributed by atoms with van der Waals surface area (Å²) in [5.41, 5.74) is 5.35. The molecule has 4 atom stereocenters. The number of nitrogens with two attached hydrogens (primary N) is 1. The van der Waals surface area contributed by atoms with Crippen LogP contribution in [0, 0.1) is 5.92 Å². The normalized spacial score (nSPS) is 15.0. The number of carbonyl (C=O) groups is 5. The van der Waals surface area contributed by atoms with Crippen LogP contribution < -0.4 is 21.7 Å². The Morgan fingerprint density at radius 2 is 1.59 bits per heavy atom. The minimum atomic E-state index is -1.26. The summed E-state index contributed by atoms with van der Waals surface area (Å²) in [6.45, 7) is 4.38. The topological polar surface area (TPSA) is 188 Å². The summed E-state index contributed by atoms with van der Waals surface area (Å²) in [5, 5.41) is 24.9. The van der Waals surface area contributed by atoms with Crippen LogP contribution in [0.4, 0.5) is 0 Å². The molecule has 0 heterocycles. The van der Waals surface area contributed by atoms with Crippen LogP contribution in [0.25, 0.3) is 0 Å². The lowest BCUT2D eigenvalue weighted by Crippen LogP contribution is -2.55. The maximum atomic E-state index is 12.4. The van der Waals surface area contributed by atoms with Crippen LogP contribution >= 0.6 is 0 Å². The first kappa shape index (κ1) is 24.3. The molecule has 0 aliphatic carbocycles. The average molecular weight is 388 g/mol. The molecule has 7 N–H and O–H groups in total. The quantitative estimate of drug-likeness (QED) is 0.231. The Morgan fingerprint density at radius 1 is 1.00 bits per heavy atom. The van der Waals surface area contributed by atoms with E-state index in [1.165, 1.54) is 6.92 Å². The summed E-state index contributed by atoms with van der Waals surface area (Å²) in [7, 11) is 0. The third-order valence-corrected chi connectivity index (χ3v) is 3.91. The fraction of sp³-hybridized carbons (Fsp3) is 0.688. The summed E-state index contributed by atoms with van der Waals surface area (Å²) in [6.07, 6.45) is -0.153. The number of rotatable bonds is 12. The highest BCUT2D eigenvalue weighted by Crippen LogP contribution is 2.09. The summed E-state index contributed by atoms with van der Waals surface area (Å²) in [4.78, 5) is 57.8. The molecular formula is C16H28N4O7. The maximum absolute atomic E-state index is 12.4. The van der Waals surface area contributed by atoms with Crippen LogP contribution in [0.2, 0.25) is 0 Å². The maximum Gasteiger partial charge on any atom is 0.326 e. The van der Waals surface area contributed by atoms with Crippen molar-refractivity contribution in [2.75, 3.05) is 6.54 Å². The second-order valence-corrected chi connectivity index (χ2v) is 6.27. The summed E-state index contributed by atoms with van der Waals surface area (Å²) in [6, 6.07) is -3.26. The zero-order valence-electron chi connectivity index (χ0n) is 15.7. The van der Waals surface area contributed by atoms with Gasteiger partial charge in [0.1, 0.15) is 12.1 Å². The third kappa shape index (κ3) is 9.54. The monoisotopic (exact) mass is 388 g/mol. The van der Waals surface area contributed by atoms with E-state index < -0.39 is 60.8 Å². The van der Waals surface area contributed by atoms with E-state index in [4.69, 9.17) is 10.8 Å². The van der Waals surface area contributed by atoms with Crippen molar-refractivity contribution >= 4 is 29.7 Å². The van der Waals surface area contributed by atoms with E-state index in [9.17, 15) is 29.1 Å². The molecule has 4 unspecified atom stereocenters. The van der Waals surface area contributed by atoms with Gasteiger partial charge in [-0.05, 0) is 19.3 Å². The molecule has 0 rings (SSSR count). The molecule has 0 aromatic heterocycles. The second-order valence-electron chi connectivity index (χ2n) is 6.27. The van der Waals surface area contributed by atoms with Crippen molar-refractivity contribution in [3.05, 3.63) is 0 Å². The molecule has 0 spiro atoms. The summed E-state index contributed by atoms with van der Waals surface area (Å²) < 4.78 is 0. The Bertz CT molecular complexity index is 565. The Labute approximate surface area is 157 Å². The second kappa shape index (κ2) is 11.8. The standard InChI is InChI=1S/C16H28N4O7/c1-4-8(2)13(16(26)27)20-15(25)10(5-6-12(22)23)19-11(21)7-18-14(24)9(3)17/h8-10,13H,4-7,17H2,1-3H3,(H,18,24)(H,19,21)(H,20,25)(H,22,23)(H,26,27). The largest absolute Gasteiger partial charge is 0.481 e. The van der Waals surface area contributed by atoms with Crippen molar-refractivity contribution in [2.24, 2.45) is 11.7 Å². The predicted molar refractivity (Wildman–Crippen MR) is 94.5 cm³/mol. The zero-order valence-corrected chi connectivity index (χ0v) is 15.7. The van der Waals surface area contributed by atoms with Crippen molar-refractivity contribution in [3.63, 3.8) is 0 Å². The SMILES string of the molecule is CCC(C)C(NC(=O)C(CCC(=O)O)NC(=O)CNC(=O)C(C)N)C(=O)O. The van der Waals surface area contributed by atoms with Gasteiger partial charge >= 0.3 is 11.9 Å². The Hall–Kier alpha value is -2.69. The number of amides is 3. The molecule has 154 valence electrons. The van der Waals surface area contributed by atoms with E-state index >= 15 is 0 Å². The molecule has 27 heavy (non-hydrogen) atoms. The number of aliphatic carboxylic acids is 2. The van der Waals surface area contributed by atoms with Crippen molar-refractivity contribution in [1.29, 1.82) is 0 Å². The van der Waals surface area contributed by atoms with Crippen molar-refractivity contribution < 1.29 is 34.2 Å². The minimum Gasteiger partial charge on any atom is -0.481 e. The van der Waals surface area contributed by atoms with Crippen LogP contribution in [0.3, 0.4) is 0 Å². The van der Waals surface area contributed by atoms with Crippen LogP contribution in [-0.2, 0) is 24.0 Å². The molecular weight excluding hydrogens is 360 g/mol. The molecule has 11 heteroatoms. The van der Waals surface area contributed by atoms with Crippen LogP contribution in [-0.4, -0.2) is 64.5 Å². The fourth-order valence-corrected chi connectivity index (χ4v) is 2.05. The highest BCUT2D eigenvalue weighted by molar-refractivity contribution is 5.92. The molecule has 0 aliphatic heterocycles. The molecule has 0 saturated carbocycles. The number of carbonyl (C=O) groups excluding carboxylic acids is 3. The highest BCUT2D eigenvalue weighted by atomic mass is 16.4. The number of nitrogens with one attached hydrogen (secondary N) is 3. The van der Waals surface area contributed by atoms with E-state index in [0.717, 1.165) is 0 Å². The first-order valence-corrected chi connectivity index (χ1v) is 8.57. The number of hydrogen-bond acceptors (Lipinski definition) is 6. The van der Waals surface area contributed by atoms with Crippen molar-refractivity contribution in [2.45, 2.75) is 58.2 Å². The van der Waals surface area contributed by atoms with E-state index in [1.54, 1.807) is 13.8 Å². The van der Waals surface area contributed by atoms with Crippen LogP contribution in [0.1, 0.15) is 40.0 Å². The van der Waals surface area contributed by atoms with Crippen LogP contribution in [0.15, 0.2) is 0 Å². The molecule has 0 bridgehead atoms. The Kier molecular flexibility index (Phi) is 10.7. The van der Waals surface area contributed by atoms with Gasteiger partial charge in [-0.15, -0.1) is 0 Å². The number of hydrogen-bond donors (Lipinski definition) is 6. The Morgan fingerprint density at radius 3 is 2.04 bits per heavy atom. The van der Waals surface area contributed by atoms with Gasteiger partial charge in [0.25, 0.3) is 0 Å². The highest BCUT2D eigenvalue weighted by Gasteiger charge is 2.29. The van der Waals surface area contributed by atoms with Crippen molar-refractivity contribution in [3.8, 4) is 0 Å². The van der Waals surface area contributed by atoms with Crippen LogP contribution in [0.5, 0.6) is 0 Å². The molecule has 3 amide bonds. The molecule has 0 saturated heterocycles. The number of carboxylic acid groups (broad SMARTS) is 2. The molecule has 0 aliphatic rings. The average Bonchev–Trinajstić information content (AvgIpc) is 2.59. The van der Waals surface area contributed by atoms with Gasteiger partial charge in [0.2, 0.25) is 17.7 Å². The lowest BCUT2D eigenvalue weighted by Gasteiger charge is -2.24. The van der Waals surface area contributed by atoms with E-state index in [1.807, 2.05) is 0 Å². The van der Waals surface area contributed by atoms with E-state index in [-0.39, 0.29) is 12.3 Å². The predicted octanol–water partition coefficient (Wildman–Crippen LogP) is -1.59. The zero-order chi connectivity index (χ0) is 21.1. The van der Waals surface area contributed by atoms with Gasteiger partial charge < -0.3 is 31.9 Å². The van der Waals surface area contributed by atoms with Gasteiger partial charge in [-0.3, -0.25) is 19.2 Å². The molecule has 0 aromatic rings. The first-order valence-electron chi connectivity index (χ1n) is 8.57. The van der Waals surface area contributed by atoms with Gasteiger partial charge in [-0.1, -0.05) is 20.3 Å². The molecule has 0 aromatic carbocycles. The number of carboxylic acids is 2. The van der Waals surface area contributed by atoms with Gasteiger partial charge in [-0.25, -0.2) is 4.79 Å². The molecule has 11 nitrogen and oxygen atoms in total. The minimum absolute atomic E-state index is 0.235. The summed E-state index contributed by atoms with van der Waals surface area (Å²) >= 11 is 0. The van der Waals surface area contributed by atoms with Gasteiger partial charge in [-0.2, -0.15) is 0 Å². The smallest absolute Gasteiger partial charge is 0.326 e. The van der Waals surface area contributed by atoms with Gasteiger partial charge in [0.15, 0.2) is 0 Å². The van der Waals surface area contributed by atoms with E-state index in [2.05, 4.69) is 16.0 Å². The first-order chi connectivity index (χ1) is 12.5. The van der Waals surface area contributed by atoms with E-state index in [0.29, 0.717) is 6.42 Å². The lowest BCUT2D eigenvalue weighted by atomic mass is 9.98. The van der Waals surface area contributed by atoms with Crippen molar-refractivity contribution in [1.82, 2.24) is 16.0 Å². The third-order valence-electron chi connectivity index (χ3n) is 3.91. The summed E-state index contributed by atoms with van der Waals surface area (Å²) in [5.74, 6) is -4.89. The van der Waals surface area contributed by atoms with Gasteiger partial charge in [0.05, 0.1) is 12.6 Å². The Balaban J connectivity index is 5.02. The molecule has 0 radical (unpaired) electrons. The lowest BCUT2D eigenvalue weighted by molar-refractivity contribution is -0.144. The fourth-order valence-electron chi connectivity index (χ4n) is 2.05.